The number of rotatable bonds is 4. The van der Waals surface area contributed by atoms with Gasteiger partial charge in [-0.1, -0.05) is 15.9 Å². The van der Waals surface area contributed by atoms with E-state index in [4.69, 9.17) is 0 Å². The Balaban J connectivity index is 2.13. The number of halogens is 2. The van der Waals surface area contributed by atoms with Crippen LogP contribution in [0.3, 0.4) is 0 Å². The van der Waals surface area contributed by atoms with Crippen LogP contribution in [0, 0.1) is 5.82 Å². The Bertz CT molecular complexity index is 490. The molecule has 0 radical (unpaired) electrons. The van der Waals surface area contributed by atoms with Crippen LogP contribution in [0.1, 0.15) is 11.3 Å². The summed E-state index contributed by atoms with van der Waals surface area (Å²) in [6.45, 7) is 1.31. The number of aromatic nitrogens is 2. The Morgan fingerprint density at radius 3 is 2.94 bits per heavy atom. The van der Waals surface area contributed by atoms with Gasteiger partial charge in [0.2, 0.25) is 0 Å². The minimum atomic E-state index is -0.239. The highest BCUT2D eigenvalue weighted by Gasteiger charge is 2.02. The van der Waals surface area contributed by atoms with Crippen molar-refractivity contribution < 1.29 is 4.39 Å². The molecule has 90 valence electrons. The van der Waals surface area contributed by atoms with Crippen LogP contribution in [0.4, 0.5) is 4.39 Å². The summed E-state index contributed by atoms with van der Waals surface area (Å²) >= 11 is 3.28. The van der Waals surface area contributed by atoms with Crippen molar-refractivity contribution in [1.82, 2.24) is 15.1 Å². The molecule has 17 heavy (non-hydrogen) atoms. The van der Waals surface area contributed by atoms with Crippen LogP contribution in [0.15, 0.2) is 34.9 Å². The molecule has 0 aliphatic carbocycles. The molecule has 3 nitrogen and oxygen atoms in total. The molecule has 0 saturated carbocycles. The molecule has 2 aromatic rings. The highest BCUT2D eigenvalue weighted by Crippen LogP contribution is 2.15. The summed E-state index contributed by atoms with van der Waals surface area (Å²) in [4.78, 5) is 0. The van der Waals surface area contributed by atoms with Gasteiger partial charge in [-0.3, -0.25) is 4.68 Å². The number of hydrogen-bond donors (Lipinski definition) is 1. The summed E-state index contributed by atoms with van der Waals surface area (Å²) in [6, 6.07) is 6.80. The number of nitrogens with one attached hydrogen (secondary N) is 1. The van der Waals surface area contributed by atoms with Crippen LogP contribution in [0.2, 0.25) is 0 Å². The average Bonchev–Trinajstić information content (AvgIpc) is 2.64. The molecule has 2 rings (SSSR count). The van der Waals surface area contributed by atoms with Crippen LogP contribution in [-0.4, -0.2) is 16.8 Å². The van der Waals surface area contributed by atoms with Crippen LogP contribution < -0.4 is 5.32 Å². The van der Waals surface area contributed by atoms with Gasteiger partial charge in [0.25, 0.3) is 0 Å². The van der Waals surface area contributed by atoms with E-state index < -0.39 is 0 Å². The van der Waals surface area contributed by atoms with Crippen molar-refractivity contribution in [2.45, 2.75) is 13.1 Å². The average molecular weight is 298 g/mol. The van der Waals surface area contributed by atoms with E-state index in [9.17, 15) is 4.39 Å². The fraction of sp³-hybridized carbons (Fsp3) is 0.250. The van der Waals surface area contributed by atoms with Crippen molar-refractivity contribution in [3.05, 3.63) is 52.0 Å². The predicted molar refractivity (Wildman–Crippen MR) is 68.2 cm³/mol. The Kier molecular flexibility index (Phi) is 3.91. The quantitative estimate of drug-likeness (QED) is 0.940. The van der Waals surface area contributed by atoms with Crippen molar-refractivity contribution in [2.24, 2.45) is 0 Å². The highest BCUT2D eigenvalue weighted by atomic mass is 79.9. The molecule has 0 atom stereocenters. The van der Waals surface area contributed by atoms with Gasteiger partial charge in [-0.15, -0.1) is 0 Å². The number of benzene rings is 1. The van der Waals surface area contributed by atoms with Gasteiger partial charge in [0, 0.05) is 17.2 Å². The molecule has 1 N–H and O–H groups in total. The zero-order chi connectivity index (χ0) is 12.3. The minimum absolute atomic E-state index is 0.239. The van der Waals surface area contributed by atoms with Crippen molar-refractivity contribution in [3.63, 3.8) is 0 Å². The summed E-state index contributed by atoms with van der Waals surface area (Å²) < 4.78 is 15.7. The first-order valence-electron chi connectivity index (χ1n) is 5.29. The summed E-state index contributed by atoms with van der Waals surface area (Å²) in [5, 5.41) is 7.41. The second kappa shape index (κ2) is 5.42. The van der Waals surface area contributed by atoms with E-state index in [0.717, 1.165) is 22.3 Å². The van der Waals surface area contributed by atoms with Crippen molar-refractivity contribution in [1.29, 1.82) is 0 Å². The van der Waals surface area contributed by atoms with E-state index in [-0.39, 0.29) is 5.82 Å². The summed E-state index contributed by atoms with van der Waals surface area (Å²) in [5.74, 6) is -0.239. The van der Waals surface area contributed by atoms with Gasteiger partial charge in [0.05, 0.1) is 12.2 Å². The lowest BCUT2D eigenvalue weighted by Gasteiger charge is -2.03. The molecular weight excluding hydrogens is 285 g/mol. The van der Waals surface area contributed by atoms with Crippen molar-refractivity contribution in [2.75, 3.05) is 7.05 Å². The maximum atomic E-state index is 13.2. The highest BCUT2D eigenvalue weighted by molar-refractivity contribution is 9.10. The molecule has 0 unspecified atom stereocenters. The van der Waals surface area contributed by atoms with E-state index in [1.165, 1.54) is 12.1 Å². The second-order valence-electron chi connectivity index (χ2n) is 3.81. The zero-order valence-corrected chi connectivity index (χ0v) is 11.0. The van der Waals surface area contributed by atoms with Crippen molar-refractivity contribution in [3.8, 4) is 0 Å². The molecule has 0 bridgehead atoms. The SMILES string of the molecule is CNCc1ccn(Cc2cc(F)cc(Br)c2)n1. The molecule has 0 saturated heterocycles. The Hall–Kier alpha value is -1.20. The fourth-order valence-electron chi connectivity index (χ4n) is 1.66. The standard InChI is InChI=1S/C12H13BrFN3/c1-15-7-12-2-3-17(16-12)8-9-4-10(13)6-11(14)5-9/h2-6,15H,7-8H2,1H3. The first-order valence-corrected chi connectivity index (χ1v) is 6.08. The maximum Gasteiger partial charge on any atom is 0.124 e. The maximum absolute atomic E-state index is 13.2. The predicted octanol–water partition coefficient (Wildman–Crippen LogP) is 2.55. The molecule has 1 aromatic heterocycles. The normalized spacial score (nSPS) is 10.8. The number of hydrogen-bond acceptors (Lipinski definition) is 2. The molecule has 0 spiro atoms. The molecule has 1 aromatic carbocycles. The smallest absolute Gasteiger partial charge is 0.124 e. The summed E-state index contributed by atoms with van der Waals surface area (Å²) in [5.41, 5.74) is 1.86. The lowest BCUT2D eigenvalue weighted by atomic mass is 10.2. The fourth-order valence-corrected chi connectivity index (χ4v) is 2.17. The van der Waals surface area contributed by atoms with E-state index >= 15 is 0 Å². The van der Waals surface area contributed by atoms with Gasteiger partial charge >= 0.3 is 0 Å². The lowest BCUT2D eigenvalue weighted by Crippen LogP contribution is -2.07. The van der Waals surface area contributed by atoms with Gasteiger partial charge in [-0.2, -0.15) is 5.10 Å². The Morgan fingerprint density at radius 2 is 2.24 bits per heavy atom. The van der Waals surface area contributed by atoms with Crippen LogP contribution in [0.25, 0.3) is 0 Å². The van der Waals surface area contributed by atoms with E-state index in [2.05, 4.69) is 26.3 Å². The third-order valence-electron chi connectivity index (χ3n) is 2.32. The lowest BCUT2D eigenvalue weighted by molar-refractivity contribution is 0.616. The first-order chi connectivity index (χ1) is 8.17. The molecule has 0 aliphatic heterocycles. The molecule has 0 fully saturated rings. The van der Waals surface area contributed by atoms with Gasteiger partial charge in [-0.05, 0) is 36.9 Å². The minimum Gasteiger partial charge on any atom is -0.314 e. The van der Waals surface area contributed by atoms with E-state index in [1.807, 2.05) is 25.4 Å². The largest absolute Gasteiger partial charge is 0.314 e. The third-order valence-corrected chi connectivity index (χ3v) is 2.78. The van der Waals surface area contributed by atoms with E-state index in [0.29, 0.717) is 6.54 Å². The van der Waals surface area contributed by atoms with Crippen molar-refractivity contribution >= 4 is 15.9 Å². The molecule has 0 amide bonds. The summed E-state index contributed by atoms with van der Waals surface area (Å²) in [6.07, 6.45) is 1.89. The molecular formula is C12H13BrFN3. The summed E-state index contributed by atoms with van der Waals surface area (Å²) in [7, 11) is 1.88. The van der Waals surface area contributed by atoms with Crippen LogP contribution in [-0.2, 0) is 13.1 Å². The zero-order valence-electron chi connectivity index (χ0n) is 9.45. The second-order valence-corrected chi connectivity index (χ2v) is 4.73. The van der Waals surface area contributed by atoms with Gasteiger partial charge in [0.15, 0.2) is 0 Å². The first kappa shape index (κ1) is 12.3. The van der Waals surface area contributed by atoms with Crippen LogP contribution >= 0.6 is 15.9 Å². The molecule has 5 heteroatoms. The Morgan fingerprint density at radius 1 is 1.41 bits per heavy atom. The van der Waals surface area contributed by atoms with Crippen LogP contribution in [0.5, 0.6) is 0 Å². The van der Waals surface area contributed by atoms with E-state index in [1.54, 1.807) is 4.68 Å². The van der Waals surface area contributed by atoms with Gasteiger partial charge < -0.3 is 5.32 Å². The Labute approximate surface area is 108 Å². The molecule has 0 aliphatic rings. The van der Waals surface area contributed by atoms with Gasteiger partial charge in [-0.25, -0.2) is 4.39 Å². The third kappa shape index (κ3) is 3.38. The van der Waals surface area contributed by atoms with Gasteiger partial charge in [0.1, 0.15) is 5.82 Å². The topological polar surface area (TPSA) is 29.9 Å². The number of nitrogens with zero attached hydrogens (tertiary/aromatic N) is 2. The monoisotopic (exact) mass is 297 g/mol. The molecule has 1 heterocycles.